The first-order chi connectivity index (χ1) is 15.9. The average molecular weight is 469 g/mol. The molecule has 3 aromatic rings. The summed E-state index contributed by atoms with van der Waals surface area (Å²) >= 11 is 0. The van der Waals surface area contributed by atoms with Gasteiger partial charge in [-0.1, -0.05) is 48.5 Å². The number of hydrogen-bond donors (Lipinski definition) is 2. The number of hydrogen-bond acceptors (Lipinski definition) is 6. The van der Waals surface area contributed by atoms with E-state index in [4.69, 9.17) is 9.47 Å². The van der Waals surface area contributed by atoms with Crippen molar-refractivity contribution in [2.45, 2.75) is 23.6 Å². The number of likely N-dealkylation sites (tertiary alicyclic amines) is 1. The Morgan fingerprint density at radius 3 is 2.18 bits per heavy atom. The summed E-state index contributed by atoms with van der Waals surface area (Å²) < 4.78 is 39.0. The van der Waals surface area contributed by atoms with Crippen LogP contribution in [0, 0.1) is 0 Å². The highest BCUT2D eigenvalue weighted by atomic mass is 32.2. The fourth-order valence-electron chi connectivity index (χ4n) is 3.44. The predicted molar refractivity (Wildman–Crippen MR) is 121 cm³/mol. The molecule has 1 aliphatic rings. The summed E-state index contributed by atoms with van der Waals surface area (Å²) in [6, 6.07) is 23.5. The van der Waals surface area contributed by atoms with Gasteiger partial charge in [-0.25, -0.2) is 17.9 Å². The lowest BCUT2D eigenvalue weighted by atomic mass is 10.2. The van der Waals surface area contributed by atoms with Crippen LogP contribution in [-0.2, 0) is 21.4 Å². The van der Waals surface area contributed by atoms with Gasteiger partial charge in [0.1, 0.15) is 18.1 Å². The summed E-state index contributed by atoms with van der Waals surface area (Å²) in [4.78, 5) is 13.7. The maximum Gasteiger partial charge on any atom is 0.410 e. The van der Waals surface area contributed by atoms with Crippen LogP contribution in [0.25, 0.3) is 0 Å². The molecule has 0 unspecified atom stereocenters. The van der Waals surface area contributed by atoms with E-state index in [2.05, 4.69) is 4.72 Å². The summed E-state index contributed by atoms with van der Waals surface area (Å²) in [6.45, 7) is 0.0773. The van der Waals surface area contributed by atoms with E-state index in [-0.39, 0.29) is 24.6 Å². The van der Waals surface area contributed by atoms with Crippen molar-refractivity contribution in [3.05, 3.63) is 90.5 Å². The van der Waals surface area contributed by atoms with E-state index in [0.29, 0.717) is 11.5 Å². The number of rotatable bonds is 7. The van der Waals surface area contributed by atoms with Gasteiger partial charge in [-0.05, 0) is 42.0 Å². The highest BCUT2D eigenvalue weighted by Gasteiger charge is 2.37. The minimum absolute atomic E-state index is 0.00320. The number of carbonyl (C=O) groups excluding carboxylic acids is 1. The van der Waals surface area contributed by atoms with Crippen molar-refractivity contribution in [2.24, 2.45) is 0 Å². The summed E-state index contributed by atoms with van der Waals surface area (Å²) in [7, 11) is -3.91. The van der Waals surface area contributed by atoms with Gasteiger partial charge in [-0.15, -0.1) is 0 Å². The first-order valence-corrected chi connectivity index (χ1v) is 11.9. The fourth-order valence-corrected chi connectivity index (χ4v) is 4.70. The van der Waals surface area contributed by atoms with E-state index in [1.807, 2.05) is 48.5 Å². The number of amides is 1. The minimum Gasteiger partial charge on any atom is -0.457 e. The number of para-hydroxylation sites is 1. The molecule has 0 spiro atoms. The van der Waals surface area contributed by atoms with Crippen molar-refractivity contribution in [1.82, 2.24) is 9.62 Å². The predicted octanol–water partition coefficient (Wildman–Crippen LogP) is 3.14. The van der Waals surface area contributed by atoms with Gasteiger partial charge in [0.25, 0.3) is 0 Å². The van der Waals surface area contributed by atoms with Crippen LogP contribution in [0.2, 0.25) is 0 Å². The number of nitrogens with zero attached hydrogens (tertiary/aromatic N) is 1. The van der Waals surface area contributed by atoms with Gasteiger partial charge >= 0.3 is 6.09 Å². The standard InChI is InChI=1S/C24H24N2O6S/c27-23-16-26(24(28)31-17-18-7-3-1-4-8-18)15-22(23)25-33(29,30)21-13-11-20(12-14-21)32-19-9-5-2-6-10-19/h1-14,22-23,25,27H,15-17H2/t22-,23-/m1/s1. The highest BCUT2D eigenvalue weighted by Crippen LogP contribution is 2.23. The Kier molecular flexibility index (Phi) is 6.93. The van der Waals surface area contributed by atoms with Gasteiger partial charge in [0.05, 0.1) is 23.6 Å². The van der Waals surface area contributed by atoms with Crippen molar-refractivity contribution in [3.8, 4) is 11.5 Å². The monoisotopic (exact) mass is 468 g/mol. The lowest BCUT2D eigenvalue weighted by Gasteiger charge is -2.17. The number of benzene rings is 3. The molecule has 3 aromatic carbocycles. The molecule has 0 aliphatic carbocycles. The van der Waals surface area contributed by atoms with Gasteiger partial charge < -0.3 is 19.5 Å². The number of aliphatic hydroxyl groups excluding tert-OH is 1. The van der Waals surface area contributed by atoms with Crippen molar-refractivity contribution in [3.63, 3.8) is 0 Å². The third-order valence-electron chi connectivity index (χ3n) is 5.17. The van der Waals surface area contributed by atoms with E-state index in [9.17, 15) is 18.3 Å². The molecule has 33 heavy (non-hydrogen) atoms. The second kappa shape index (κ2) is 10.0. The topological polar surface area (TPSA) is 105 Å². The maximum absolute atomic E-state index is 12.8. The molecule has 1 aliphatic heterocycles. The van der Waals surface area contributed by atoms with Crippen LogP contribution in [-0.4, -0.2) is 49.8 Å². The van der Waals surface area contributed by atoms with Crippen LogP contribution in [0.5, 0.6) is 11.5 Å². The number of sulfonamides is 1. The molecule has 1 amide bonds. The lowest BCUT2D eigenvalue weighted by Crippen LogP contribution is -2.43. The largest absolute Gasteiger partial charge is 0.457 e. The minimum atomic E-state index is -3.91. The summed E-state index contributed by atoms with van der Waals surface area (Å²) in [5.74, 6) is 1.13. The Morgan fingerprint density at radius 1 is 0.909 bits per heavy atom. The van der Waals surface area contributed by atoms with E-state index >= 15 is 0 Å². The summed E-state index contributed by atoms with van der Waals surface area (Å²) in [5, 5.41) is 10.3. The molecule has 2 N–H and O–H groups in total. The average Bonchev–Trinajstić information content (AvgIpc) is 3.19. The molecule has 0 radical (unpaired) electrons. The lowest BCUT2D eigenvalue weighted by molar-refractivity contribution is 0.0970. The second-order valence-corrected chi connectivity index (χ2v) is 9.34. The number of aliphatic hydroxyl groups is 1. The Balaban J connectivity index is 1.34. The zero-order chi connectivity index (χ0) is 23.3. The van der Waals surface area contributed by atoms with Gasteiger partial charge in [0, 0.05) is 6.54 Å². The van der Waals surface area contributed by atoms with Crippen LogP contribution in [0.4, 0.5) is 4.79 Å². The molecule has 2 atom stereocenters. The molecule has 1 saturated heterocycles. The SMILES string of the molecule is O=C(OCc1ccccc1)N1C[C@@H](O)[C@H](NS(=O)(=O)c2ccc(Oc3ccccc3)cc2)C1. The van der Waals surface area contributed by atoms with E-state index in [0.717, 1.165) is 5.56 Å². The van der Waals surface area contributed by atoms with Crippen molar-refractivity contribution in [2.75, 3.05) is 13.1 Å². The molecular weight excluding hydrogens is 444 g/mol. The van der Waals surface area contributed by atoms with E-state index < -0.39 is 28.3 Å². The molecular formula is C24H24N2O6S. The number of β-amino-alcohol motifs (C(OH)–C–C–N with tert-alkyl or cyclic N) is 1. The molecule has 9 heteroatoms. The smallest absolute Gasteiger partial charge is 0.410 e. The van der Waals surface area contributed by atoms with E-state index in [1.54, 1.807) is 24.3 Å². The Hall–Kier alpha value is -3.40. The quantitative estimate of drug-likeness (QED) is 0.552. The third-order valence-corrected chi connectivity index (χ3v) is 6.68. The molecule has 0 bridgehead atoms. The zero-order valence-corrected chi connectivity index (χ0v) is 18.5. The summed E-state index contributed by atoms with van der Waals surface area (Å²) in [6.07, 6.45) is -1.66. The van der Waals surface area contributed by atoms with Crippen LogP contribution < -0.4 is 9.46 Å². The Labute approximate surface area is 192 Å². The normalized spacial score (nSPS) is 18.2. The zero-order valence-electron chi connectivity index (χ0n) is 17.7. The first kappa shape index (κ1) is 22.8. The van der Waals surface area contributed by atoms with Crippen LogP contribution in [0.15, 0.2) is 89.8 Å². The first-order valence-electron chi connectivity index (χ1n) is 10.4. The fraction of sp³-hybridized carbons (Fsp3) is 0.208. The van der Waals surface area contributed by atoms with E-state index in [1.165, 1.54) is 17.0 Å². The maximum atomic E-state index is 12.8. The number of ether oxygens (including phenoxy) is 2. The molecule has 0 aromatic heterocycles. The van der Waals surface area contributed by atoms with Gasteiger partial charge in [-0.3, -0.25) is 0 Å². The van der Waals surface area contributed by atoms with Crippen molar-refractivity contribution >= 4 is 16.1 Å². The van der Waals surface area contributed by atoms with Gasteiger partial charge in [0.15, 0.2) is 0 Å². The second-order valence-electron chi connectivity index (χ2n) is 7.63. The Bertz CT molecular complexity index is 1170. The third kappa shape index (κ3) is 5.89. The molecule has 172 valence electrons. The molecule has 1 heterocycles. The molecule has 4 rings (SSSR count). The summed E-state index contributed by atoms with van der Waals surface area (Å²) in [5.41, 5.74) is 0.836. The van der Waals surface area contributed by atoms with Crippen LogP contribution >= 0.6 is 0 Å². The molecule has 0 saturated carbocycles. The number of nitrogens with one attached hydrogen (secondary N) is 1. The van der Waals surface area contributed by atoms with Crippen molar-refractivity contribution in [1.29, 1.82) is 0 Å². The Morgan fingerprint density at radius 2 is 1.52 bits per heavy atom. The molecule has 8 nitrogen and oxygen atoms in total. The van der Waals surface area contributed by atoms with Crippen LogP contribution in [0.3, 0.4) is 0 Å². The molecule has 1 fully saturated rings. The van der Waals surface area contributed by atoms with Crippen LogP contribution in [0.1, 0.15) is 5.56 Å². The van der Waals surface area contributed by atoms with Gasteiger partial charge in [-0.2, -0.15) is 0 Å². The van der Waals surface area contributed by atoms with Gasteiger partial charge in [0.2, 0.25) is 10.0 Å². The van der Waals surface area contributed by atoms with Crippen molar-refractivity contribution < 1.29 is 27.8 Å². The highest BCUT2D eigenvalue weighted by molar-refractivity contribution is 7.89. The number of carbonyl (C=O) groups is 1.